The Hall–Kier alpha value is -3.41. The van der Waals surface area contributed by atoms with Crippen LogP contribution >= 0.6 is 0 Å². The van der Waals surface area contributed by atoms with Gasteiger partial charge < -0.3 is 10.4 Å². The summed E-state index contributed by atoms with van der Waals surface area (Å²) in [6.45, 7) is 0.765. The average molecular weight is 335 g/mol. The molecule has 25 heavy (non-hydrogen) atoms. The number of rotatable bonds is 6. The molecule has 1 amide bonds. The van der Waals surface area contributed by atoms with E-state index < -0.39 is 5.97 Å². The number of hydrogen-bond donors (Lipinski definition) is 2. The molecule has 0 atom stereocenters. The van der Waals surface area contributed by atoms with E-state index in [2.05, 4.69) is 10.4 Å². The second-order valence-corrected chi connectivity index (χ2v) is 5.55. The maximum Gasteiger partial charge on any atom is 0.335 e. The van der Waals surface area contributed by atoms with E-state index in [0.717, 1.165) is 11.1 Å². The Bertz CT molecular complexity index is 888. The third-order valence-electron chi connectivity index (χ3n) is 3.78. The van der Waals surface area contributed by atoms with Gasteiger partial charge in [-0.2, -0.15) is 5.10 Å². The number of nitrogens with zero attached hydrogens (tertiary/aromatic N) is 2. The minimum atomic E-state index is -0.988. The second kappa shape index (κ2) is 7.44. The van der Waals surface area contributed by atoms with Gasteiger partial charge in [-0.05, 0) is 35.4 Å². The number of carbonyl (C=O) groups excluding carboxylic acids is 1. The van der Waals surface area contributed by atoms with Crippen molar-refractivity contribution in [2.24, 2.45) is 0 Å². The summed E-state index contributed by atoms with van der Waals surface area (Å²) in [6, 6.07) is 15.7. The predicted octanol–water partition coefficient (Wildman–Crippen LogP) is 2.56. The molecule has 0 aliphatic carbocycles. The van der Waals surface area contributed by atoms with E-state index in [1.54, 1.807) is 35.1 Å². The third kappa shape index (κ3) is 4.11. The number of amides is 1. The van der Waals surface area contributed by atoms with Gasteiger partial charge in [0.05, 0.1) is 12.1 Å². The summed E-state index contributed by atoms with van der Waals surface area (Å²) in [7, 11) is 0. The zero-order valence-corrected chi connectivity index (χ0v) is 13.4. The summed E-state index contributed by atoms with van der Waals surface area (Å²) < 4.78 is 1.75. The van der Waals surface area contributed by atoms with Gasteiger partial charge in [-0.3, -0.25) is 9.48 Å². The SMILES string of the molecule is O=C(O)c1cccc(CNC(=O)c2ccccc2Cn2cccn2)c1. The van der Waals surface area contributed by atoms with Gasteiger partial charge in [0.2, 0.25) is 0 Å². The lowest BCUT2D eigenvalue weighted by molar-refractivity contribution is 0.0696. The van der Waals surface area contributed by atoms with E-state index in [4.69, 9.17) is 5.11 Å². The quantitative estimate of drug-likeness (QED) is 0.725. The topological polar surface area (TPSA) is 84.2 Å². The molecular weight excluding hydrogens is 318 g/mol. The van der Waals surface area contributed by atoms with Crippen LogP contribution in [-0.2, 0) is 13.1 Å². The molecule has 2 N–H and O–H groups in total. The molecule has 0 saturated carbocycles. The van der Waals surface area contributed by atoms with E-state index in [1.807, 2.05) is 30.5 Å². The number of benzene rings is 2. The zero-order chi connectivity index (χ0) is 17.6. The van der Waals surface area contributed by atoms with Crippen molar-refractivity contribution >= 4 is 11.9 Å². The van der Waals surface area contributed by atoms with E-state index in [-0.39, 0.29) is 18.0 Å². The first kappa shape index (κ1) is 16.4. The smallest absolute Gasteiger partial charge is 0.335 e. The van der Waals surface area contributed by atoms with Crippen molar-refractivity contribution in [1.82, 2.24) is 15.1 Å². The normalized spacial score (nSPS) is 10.4. The Morgan fingerprint density at radius 1 is 1.08 bits per heavy atom. The van der Waals surface area contributed by atoms with E-state index in [1.165, 1.54) is 6.07 Å². The summed E-state index contributed by atoms with van der Waals surface area (Å²) in [5.41, 5.74) is 2.37. The molecule has 1 heterocycles. The van der Waals surface area contributed by atoms with Crippen molar-refractivity contribution in [1.29, 1.82) is 0 Å². The first-order chi connectivity index (χ1) is 12.1. The van der Waals surface area contributed by atoms with Gasteiger partial charge in [0, 0.05) is 24.5 Å². The molecule has 0 spiro atoms. The molecule has 0 saturated heterocycles. The highest BCUT2D eigenvalue weighted by molar-refractivity contribution is 5.95. The average Bonchev–Trinajstić information content (AvgIpc) is 3.13. The van der Waals surface area contributed by atoms with Gasteiger partial charge in [-0.1, -0.05) is 30.3 Å². The molecule has 6 nitrogen and oxygen atoms in total. The molecule has 3 aromatic rings. The Kier molecular flexibility index (Phi) is 4.89. The van der Waals surface area contributed by atoms with Crippen molar-refractivity contribution in [3.8, 4) is 0 Å². The van der Waals surface area contributed by atoms with Crippen LogP contribution in [0.1, 0.15) is 31.8 Å². The number of carboxylic acid groups (broad SMARTS) is 1. The molecule has 0 aliphatic rings. The van der Waals surface area contributed by atoms with Crippen LogP contribution in [0, 0.1) is 0 Å². The summed E-state index contributed by atoms with van der Waals surface area (Å²) in [5.74, 6) is -1.19. The lowest BCUT2D eigenvalue weighted by Crippen LogP contribution is -2.24. The van der Waals surface area contributed by atoms with E-state index >= 15 is 0 Å². The highest BCUT2D eigenvalue weighted by Crippen LogP contribution is 2.11. The Balaban J connectivity index is 1.71. The van der Waals surface area contributed by atoms with Gasteiger partial charge in [-0.25, -0.2) is 4.79 Å². The fraction of sp³-hybridized carbons (Fsp3) is 0.105. The van der Waals surface area contributed by atoms with Crippen molar-refractivity contribution < 1.29 is 14.7 Å². The van der Waals surface area contributed by atoms with Gasteiger partial charge in [0.1, 0.15) is 0 Å². The minimum absolute atomic E-state index is 0.200. The minimum Gasteiger partial charge on any atom is -0.478 e. The lowest BCUT2D eigenvalue weighted by atomic mass is 10.1. The van der Waals surface area contributed by atoms with Crippen molar-refractivity contribution in [2.45, 2.75) is 13.1 Å². The van der Waals surface area contributed by atoms with E-state index in [9.17, 15) is 9.59 Å². The summed E-state index contributed by atoms with van der Waals surface area (Å²) in [4.78, 5) is 23.5. The van der Waals surface area contributed by atoms with Crippen LogP contribution in [-0.4, -0.2) is 26.8 Å². The van der Waals surface area contributed by atoms with Gasteiger partial charge in [0.15, 0.2) is 0 Å². The van der Waals surface area contributed by atoms with Crippen LogP contribution in [0.15, 0.2) is 67.0 Å². The highest BCUT2D eigenvalue weighted by Gasteiger charge is 2.11. The molecule has 126 valence electrons. The summed E-state index contributed by atoms with van der Waals surface area (Å²) in [5, 5.41) is 16.0. The van der Waals surface area contributed by atoms with Crippen LogP contribution in [0.3, 0.4) is 0 Å². The van der Waals surface area contributed by atoms with Crippen LogP contribution in [0.5, 0.6) is 0 Å². The molecule has 0 unspecified atom stereocenters. The van der Waals surface area contributed by atoms with Crippen LogP contribution in [0.4, 0.5) is 0 Å². The van der Waals surface area contributed by atoms with Gasteiger partial charge in [-0.15, -0.1) is 0 Å². The highest BCUT2D eigenvalue weighted by atomic mass is 16.4. The maximum atomic E-state index is 12.5. The summed E-state index contributed by atoms with van der Waals surface area (Å²) in [6.07, 6.45) is 3.53. The van der Waals surface area contributed by atoms with Gasteiger partial charge in [0.25, 0.3) is 5.91 Å². The van der Waals surface area contributed by atoms with Crippen molar-refractivity contribution in [3.05, 3.63) is 89.2 Å². The van der Waals surface area contributed by atoms with Crippen molar-refractivity contribution in [3.63, 3.8) is 0 Å². The third-order valence-corrected chi connectivity index (χ3v) is 3.78. The number of hydrogen-bond acceptors (Lipinski definition) is 3. The number of aromatic carboxylic acids is 1. The maximum absolute atomic E-state index is 12.5. The molecule has 0 bridgehead atoms. The molecule has 1 aromatic heterocycles. The first-order valence-electron chi connectivity index (χ1n) is 7.79. The standard InChI is InChI=1S/C19H17N3O3/c23-18(20-12-14-5-3-7-15(11-14)19(24)25)17-8-2-1-6-16(17)13-22-10-4-9-21-22/h1-11H,12-13H2,(H,20,23)(H,24,25). The fourth-order valence-electron chi connectivity index (χ4n) is 2.54. The number of nitrogens with one attached hydrogen (secondary N) is 1. The molecule has 2 aromatic carbocycles. The Labute approximate surface area is 144 Å². The predicted molar refractivity (Wildman–Crippen MR) is 92.3 cm³/mol. The molecule has 0 aliphatic heterocycles. The van der Waals surface area contributed by atoms with Crippen molar-refractivity contribution in [2.75, 3.05) is 0 Å². The monoisotopic (exact) mass is 335 g/mol. The molecular formula is C19H17N3O3. The largest absolute Gasteiger partial charge is 0.478 e. The molecule has 6 heteroatoms. The van der Waals surface area contributed by atoms with Crippen LogP contribution < -0.4 is 5.32 Å². The van der Waals surface area contributed by atoms with Gasteiger partial charge >= 0.3 is 5.97 Å². The van der Waals surface area contributed by atoms with Crippen LogP contribution in [0.2, 0.25) is 0 Å². The first-order valence-corrected chi connectivity index (χ1v) is 7.79. The number of carboxylic acids is 1. The molecule has 0 fully saturated rings. The lowest BCUT2D eigenvalue weighted by Gasteiger charge is -2.11. The zero-order valence-electron chi connectivity index (χ0n) is 13.4. The Morgan fingerprint density at radius 3 is 2.68 bits per heavy atom. The number of carbonyl (C=O) groups is 2. The second-order valence-electron chi connectivity index (χ2n) is 5.55. The Morgan fingerprint density at radius 2 is 1.92 bits per heavy atom. The number of aromatic nitrogens is 2. The molecule has 0 radical (unpaired) electrons. The summed E-state index contributed by atoms with van der Waals surface area (Å²) >= 11 is 0. The van der Waals surface area contributed by atoms with E-state index in [0.29, 0.717) is 12.1 Å². The van der Waals surface area contributed by atoms with Crippen LogP contribution in [0.25, 0.3) is 0 Å². The fourth-order valence-corrected chi connectivity index (χ4v) is 2.54. The molecule has 3 rings (SSSR count).